The number of esters is 1. The predicted octanol–water partition coefficient (Wildman–Crippen LogP) is 3.72. The third kappa shape index (κ3) is 2.63. The van der Waals surface area contributed by atoms with Crippen LogP contribution in [0.1, 0.15) is 34.1 Å². The lowest BCUT2D eigenvalue weighted by Gasteiger charge is -2.20. The Labute approximate surface area is 109 Å². The lowest BCUT2D eigenvalue weighted by molar-refractivity contribution is -0.150. The minimum atomic E-state index is -0.437. The summed E-state index contributed by atoms with van der Waals surface area (Å²) < 4.78 is 5.48. The number of rotatable bonds is 1. The fourth-order valence-electron chi connectivity index (χ4n) is 2.32. The van der Waals surface area contributed by atoms with E-state index in [1.165, 1.54) is 5.57 Å². The van der Waals surface area contributed by atoms with Crippen molar-refractivity contribution in [3.8, 4) is 0 Å². The molecule has 0 fully saturated rings. The van der Waals surface area contributed by atoms with Crippen molar-refractivity contribution in [3.05, 3.63) is 47.1 Å². The number of hydrogen-bond donors (Lipinski definition) is 0. The zero-order valence-electron chi connectivity index (χ0n) is 11.5. The molecule has 0 spiro atoms. The van der Waals surface area contributed by atoms with E-state index in [4.69, 9.17) is 4.74 Å². The standard InChI is InChI=1S/C16H20O2/c1-11-10-14(15(17)18-16(2,3)4)13-9-7-5-6-8-12(11)13/h5-9,11H,10H2,1-4H3. The first kappa shape index (κ1) is 12.9. The first-order chi connectivity index (χ1) is 8.38. The minimum absolute atomic E-state index is 0.181. The van der Waals surface area contributed by atoms with Gasteiger partial charge >= 0.3 is 5.97 Å². The van der Waals surface area contributed by atoms with E-state index in [2.05, 4.69) is 13.0 Å². The summed E-state index contributed by atoms with van der Waals surface area (Å²) >= 11 is 0. The van der Waals surface area contributed by atoms with Gasteiger partial charge in [-0.05, 0) is 44.3 Å². The highest BCUT2D eigenvalue weighted by atomic mass is 16.6. The smallest absolute Gasteiger partial charge is 0.335 e. The molecule has 0 aromatic rings. The van der Waals surface area contributed by atoms with Crippen molar-refractivity contribution < 1.29 is 9.53 Å². The van der Waals surface area contributed by atoms with Crippen LogP contribution in [-0.4, -0.2) is 11.6 Å². The fourth-order valence-corrected chi connectivity index (χ4v) is 2.32. The predicted molar refractivity (Wildman–Crippen MR) is 73.0 cm³/mol. The van der Waals surface area contributed by atoms with Crippen LogP contribution in [0.2, 0.25) is 0 Å². The third-order valence-corrected chi connectivity index (χ3v) is 3.08. The molecule has 2 heteroatoms. The number of fused-ring (bicyclic) bond motifs is 1. The van der Waals surface area contributed by atoms with Gasteiger partial charge < -0.3 is 4.74 Å². The van der Waals surface area contributed by atoms with E-state index in [0.717, 1.165) is 17.6 Å². The van der Waals surface area contributed by atoms with Gasteiger partial charge in [0.25, 0.3) is 0 Å². The monoisotopic (exact) mass is 244 g/mol. The van der Waals surface area contributed by atoms with Crippen LogP contribution in [0.15, 0.2) is 47.1 Å². The van der Waals surface area contributed by atoms with Crippen LogP contribution in [0.4, 0.5) is 0 Å². The molecule has 1 atom stereocenters. The summed E-state index contributed by atoms with van der Waals surface area (Å²) in [5, 5.41) is 0. The van der Waals surface area contributed by atoms with E-state index in [1.807, 2.05) is 45.1 Å². The van der Waals surface area contributed by atoms with E-state index in [0.29, 0.717) is 5.92 Å². The Balaban J connectivity index is 2.33. The van der Waals surface area contributed by atoms with Gasteiger partial charge in [-0.2, -0.15) is 0 Å². The Kier molecular flexibility index (Phi) is 3.29. The van der Waals surface area contributed by atoms with Gasteiger partial charge in [0, 0.05) is 5.57 Å². The Morgan fingerprint density at radius 1 is 1.28 bits per heavy atom. The van der Waals surface area contributed by atoms with Crippen LogP contribution in [0.3, 0.4) is 0 Å². The van der Waals surface area contributed by atoms with Gasteiger partial charge in [-0.3, -0.25) is 0 Å². The van der Waals surface area contributed by atoms with Gasteiger partial charge in [0.1, 0.15) is 5.60 Å². The highest BCUT2D eigenvalue weighted by Gasteiger charge is 2.31. The van der Waals surface area contributed by atoms with Gasteiger partial charge in [0.2, 0.25) is 0 Å². The first-order valence-corrected chi connectivity index (χ1v) is 6.40. The summed E-state index contributed by atoms with van der Waals surface area (Å²) in [5.74, 6) is 0.203. The molecule has 0 amide bonds. The average molecular weight is 244 g/mol. The zero-order valence-corrected chi connectivity index (χ0v) is 11.5. The van der Waals surface area contributed by atoms with Crippen LogP contribution in [0.5, 0.6) is 0 Å². The quantitative estimate of drug-likeness (QED) is 0.657. The van der Waals surface area contributed by atoms with Crippen molar-refractivity contribution in [2.45, 2.75) is 39.7 Å². The summed E-state index contributed by atoms with van der Waals surface area (Å²) in [5.41, 5.74) is 2.65. The molecule has 18 heavy (non-hydrogen) atoms. The van der Waals surface area contributed by atoms with Gasteiger partial charge in [-0.25, -0.2) is 4.79 Å². The first-order valence-electron chi connectivity index (χ1n) is 6.40. The van der Waals surface area contributed by atoms with Gasteiger partial charge in [-0.1, -0.05) is 37.3 Å². The van der Waals surface area contributed by atoms with Crippen LogP contribution in [-0.2, 0) is 9.53 Å². The molecule has 0 saturated carbocycles. The zero-order chi connectivity index (χ0) is 13.3. The molecule has 1 unspecified atom stereocenters. The molecule has 2 aliphatic rings. The van der Waals surface area contributed by atoms with Crippen LogP contribution in [0.25, 0.3) is 0 Å². The molecule has 2 aliphatic carbocycles. The Hall–Kier alpha value is -1.57. The molecular formula is C16H20O2. The molecule has 96 valence electrons. The summed E-state index contributed by atoms with van der Waals surface area (Å²) in [6.07, 6.45) is 10.9. The largest absolute Gasteiger partial charge is 0.457 e. The maximum atomic E-state index is 12.2. The molecule has 0 saturated heterocycles. The maximum absolute atomic E-state index is 12.2. The van der Waals surface area contributed by atoms with Gasteiger partial charge in [0.15, 0.2) is 0 Å². The van der Waals surface area contributed by atoms with Gasteiger partial charge in [-0.15, -0.1) is 0 Å². The number of allylic oxidation sites excluding steroid dienone is 7. The minimum Gasteiger partial charge on any atom is -0.457 e. The van der Waals surface area contributed by atoms with Crippen LogP contribution in [0, 0.1) is 5.92 Å². The van der Waals surface area contributed by atoms with Crippen LogP contribution >= 0.6 is 0 Å². The molecular weight excluding hydrogens is 224 g/mol. The van der Waals surface area contributed by atoms with E-state index in [-0.39, 0.29) is 5.97 Å². The van der Waals surface area contributed by atoms with Crippen molar-refractivity contribution >= 4 is 5.97 Å². The van der Waals surface area contributed by atoms with E-state index < -0.39 is 5.60 Å². The lowest BCUT2D eigenvalue weighted by atomic mass is 10.0. The van der Waals surface area contributed by atoms with Crippen molar-refractivity contribution in [1.29, 1.82) is 0 Å². The Morgan fingerprint density at radius 2 is 2.00 bits per heavy atom. The number of carbonyl (C=O) groups is 1. The van der Waals surface area contributed by atoms with Crippen LogP contribution < -0.4 is 0 Å². The van der Waals surface area contributed by atoms with Crippen molar-refractivity contribution in [2.75, 3.05) is 0 Å². The number of hydrogen-bond acceptors (Lipinski definition) is 2. The molecule has 0 N–H and O–H groups in total. The van der Waals surface area contributed by atoms with E-state index in [1.54, 1.807) is 0 Å². The second kappa shape index (κ2) is 4.60. The summed E-state index contributed by atoms with van der Waals surface area (Å²) in [4.78, 5) is 12.2. The van der Waals surface area contributed by atoms with Gasteiger partial charge in [0.05, 0.1) is 0 Å². The highest BCUT2D eigenvalue weighted by Crippen LogP contribution is 2.39. The average Bonchev–Trinajstić information content (AvgIpc) is 2.46. The van der Waals surface area contributed by atoms with Crippen molar-refractivity contribution in [2.24, 2.45) is 5.92 Å². The summed E-state index contributed by atoms with van der Waals surface area (Å²) in [6.45, 7) is 7.84. The maximum Gasteiger partial charge on any atom is 0.335 e. The lowest BCUT2D eigenvalue weighted by Crippen LogP contribution is -2.25. The molecule has 2 nitrogen and oxygen atoms in total. The highest BCUT2D eigenvalue weighted by molar-refractivity contribution is 5.93. The Morgan fingerprint density at radius 3 is 2.67 bits per heavy atom. The van der Waals surface area contributed by atoms with E-state index in [9.17, 15) is 4.79 Å². The van der Waals surface area contributed by atoms with Crippen molar-refractivity contribution in [1.82, 2.24) is 0 Å². The fraction of sp³-hybridized carbons (Fsp3) is 0.438. The summed E-state index contributed by atoms with van der Waals surface area (Å²) in [7, 11) is 0. The molecule has 0 bridgehead atoms. The molecule has 0 radical (unpaired) electrons. The summed E-state index contributed by atoms with van der Waals surface area (Å²) in [6, 6.07) is 0. The molecule has 2 rings (SSSR count). The topological polar surface area (TPSA) is 26.3 Å². The Bertz CT molecular complexity index is 482. The number of carbonyl (C=O) groups excluding carboxylic acids is 1. The molecule has 0 heterocycles. The second-order valence-electron chi connectivity index (χ2n) is 5.87. The SMILES string of the molecule is CC1CC(C(=O)OC(C)(C)C)=C2C=CC=CC=C21. The number of ether oxygens (including phenoxy) is 1. The molecule has 0 aliphatic heterocycles. The van der Waals surface area contributed by atoms with Crippen molar-refractivity contribution in [3.63, 3.8) is 0 Å². The second-order valence-corrected chi connectivity index (χ2v) is 5.87. The molecule has 0 aromatic carbocycles. The van der Waals surface area contributed by atoms with E-state index >= 15 is 0 Å². The third-order valence-electron chi connectivity index (χ3n) is 3.08. The molecule has 0 aromatic heterocycles. The normalized spacial score (nSPS) is 22.7.